The van der Waals surface area contributed by atoms with E-state index in [2.05, 4.69) is 18.1 Å². The van der Waals surface area contributed by atoms with Crippen molar-refractivity contribution >= 4 is 5.69 Å². The van der Waals surface area contributed by atoms with E-state index in [0.717, 1.165) is 18.7 Å². The van der Waals surface area contributed by atoms with Crippen LogP contribution in [-0.4, -0.2) is 9.78 Å². The van der Waals surface area contributed by atoms with E-state index in [-0.39, 0.29) is 0 Å². The number of hydrogen-bond donors (Lipinski definition) is 1. The molecular formula is C14H16N4O. The molecule has 0 fully saturated rings. The van der Waals surface area contributed by atoms with Gasteiger partial charge in [0.2, 0.25) is 5.88 Å². The molecule has 1 heterocycles. The number of nitriles is 1. The fourth-order valence-electron chi connectivity index (χ4n) is 1.79. The number of ether oxygens (including phenoxy) is 1. The second-order valence-corrected chi connectivity index (χ2v) is 4.27. The van der Waals surface area contributed by atoms with Crippen LogP contribution in [0.2, 0.25) is 0 Å². The average molecular weight is 256 g/mol. The summed E-state index contributed by atoms with van der Waals surface area (Å²) in [5.74, 6) is 1.12. The van der Waals surface area contributed by atoms with E-state index in [1.165, 1.54) is 0 Å². The van der Waals surface area contributed by atoms with Gasteiger partial charge < -0.3 is 10.5 Å². The Bertz CT molecular complexity index is 625. The molecule has 98 valence electrons. The lowest BCUT2D eigenvalue weighted by molar-refractivity contribution is 0.410. The first kappa shape index (κ1) is 13.0. The van der Waals surface area contributed by atoms with Crippen LogP contribution in [0, 0.1) is 18.3 Å². The van der Waals surface area contributed by atoms with Crippen LogP contribution in [0.1, 0.15) is 24.6 Å². The van der Waals surface area contributed by atoms with Gasteiger partial charge in [-0.25, -0.2) is 4.68 Å². The van der Waals surface area contributed by atoms with E-state index in [9.17, 15) is 0 Å². The van der Waals surface area contributed by atoms with Crippen molar-refractivity contribution in [1.82, 2.24) is 9.78 Å². The molecule has 0 bridgehead atoms. The van der Waals surface area contributed by atoms with Crippen molar-refractivity contribution in [3.63, 3.8) is 0 Å². The number of anilines is 1. The second kappa shape index (κ2) is 5.44. The van der Waals surface area contributed by atoms with Crippen LogP contribution in [0.15, 0.2) is 24.3 Å². The highest BCUT2D eigenvalue weighted by atomic mass is 16.5. The number of rotatable bonds is 4. The molecule has 0 radical (unpaired) electrons. The summed E-state index contributed by atoms with van der Waals surface area (Å²) < 4.78 is 7.53. The van der Waals surface area contributed by atoms with Gasteiger partial charge in [0.05, 0.1) is 17.3 Å². The molecule has 19 heavy (non-hydrogen) atoms. The highest BCUT2D eigenvalue weighted by molar-refractivity contribution is 5.54. The molecule has 2 N–H and O–H groups in total. The minimum Gasteiger partial charge on any atom is -0.437 e. The topological polar surface area (TPSA) is 76.9 Å². The Balaban J connectivity index is 2.34. The fraction of sp³-hybridized carbons (Fsp3) is 0.286. The summed E-state index contributed by atoms with van der Waals surface area (Å²) in [4.78, 5) is 0. The maximum Gasteiger partial charge on any atom is 0.241 e. The molecule has 2 aromatic rings. The number of nitrogens with two attached hydrogens (primary N) is 1. The maximum absolute atomic E-state index is 8.88. The highest BCUT2D eigenvalue weighted by Gasteiger charge is 2.14. The standard InChI is InChI=1S/C14H16N4O/c1-3-7-18-14(13(16)10(2)17-18)19-12-6-4-5-11(8-12)9-15/h4-6,8H,3,7,16H2,1-2H3. The normalized spacial score (nSPS) is 10.2. The van der Waals surface area contributed by atoms with Crippen molar-refractivity contribution in [3.05, 3.63) is 35.5 Å². The van der Waals surface area contributed by atoms with Gasteiger partial charge in [-0.1, -0.05) is 13.0 Å². The summed E-state index contributed by atoms with van der Waals surface area (Å²) in [5, 5.41) is 13.2. The molecule has 5 heteroatoms. The van der Waals surface area contributed by atoms with Crippen molar-refractivity contribution in [2.75, 3.05) is 5.73 Å². The average Bonchev–Trinajstić information content (AvgIpc) is 2.67. The van der Waals surface area contributed by atoms with Crippen molar-refractivity contribution < 1.29 is 4.74 Å². The summed E-state index contributed by atoms with van der Waals surface area (Å²) in [6.07, 6.45) is 0.940. The van der Waals surface area contributed by atoms with Crippen molar-refractivity contribution in [1.29, 1.82) is 5.26 Å². The summed E-state index contributed by atoms with van der Waals surface area (Å²) >= 11 is 0. The third-order valence-electron chi connectivity index (χ3n) is 2.74. The molecule has 2 rings (SSSR count). The molecule has 1 aromatic heterocycles. The van der Waals surface area contributed by atoms with Gasteiger partial charge in [-0.3, -0.25) is 0 Å². The maximum atomic E-state index is 8.88. The van der Waals surface area contributed by atoms with E-state index in [4.69, 9.17) is 15.7 Å². The number of nitrogens with zero attached hydrogens (tertiary/aromatic N) is 3. The zero-order valence-electron chi connectivity index (χ0n) is 11.1. The van der Waals surface area contributed by atoms with Crippen LogP contribution in [0.5, 0.6) is 11.6 Å². The highest BCUT2D eigenvalue weighted by Crippen LogP contribution is 2.30. The Morgan fingerprint density at radius 2 is 2.26 bits per heavy atom. The molecule has 0 amide bonds. The van der Waals surface area contributed by atoms with Crippen LogP contribution >= 0.6 is 0 Å². The van der Waals surface area contributed by atoms with Crippen molar-refractivity contribution in [2.24, 2.45) is 0 Å². The molecule has 0 atom stereocenters. The smallest absolute Gasteiger partial charge is 0.241 e. The lowest BCUT2D eigenvalue weighted by atomic mass is 10.2. The zero-order chi connectivity index (χ0) is 13.8. The first-order valence-corrected chi connectivity index (χ1v) is 6.16. The largest absolute Gasteiger partial charge is 0.437 e. The predicted octanol–water partition coefficient (Wildman–Crippen LogP) is 2.85. The first-order chi connectivity index (χ1) is 9.15. The summed E-state index contributed by atoms with van der Waals surface area (Å²) in [6, 6.07) is 9.05. The first-order valence-electron chi connectivity index (χ1n) is 6.16. The number of aryl methyl sites for hydroxylation is 2. The molecule has 0 unspecified atom stereocenters. The molecule has 0 aliphatic carbocycles. The quantitative estimate of drug-likeness (QED) is 0.912. The van der Waals surface area contributed by atoms with E-state index in [0.29, 0.717) is 22.9 Å². The number of hydrogen-bond acceptors (Lipinski definition) is 4. The zero-order valence-corrected chi connectivity index (χ0v) is 11.1. The Morgan fingerprint density at radius 1 is 1.47 bits per heavy atom. The Kier molecular flexibility index (Phi) is 3.71. The van der Waals surface area contributed by atoms with Gasteiger partial charge in [0, 0.05) is 6.54 Å². The van der Waals surface area contributed by atoms with E-state index < -0.39 is 0 Å². The van der Waals surface area contributed by atoms with Gasteiger partial charge in [0.1, 0.15) is 11.4 Å². The van der Waals surface area contributed by atoms with Gasteiger partial charge in [0.25, 0.3) is 0 Å². The van der Waals surface area contributed by atoms with Gasteiger partial charge in [-0.15, -0.1) is 0 Å². The minimum absolute atomic E-state index is 0.537. The minimum atomic E-state index is 0.537. The third-order valence-corrected chi connectivity index (χ3v) is 2.74. The SMILES string of the molecule is CCCn1nc(C)c(N)c1Oc1cccc(C#N)c1. The summed E-state index contributed by atoms with van der Waals surface area (Å²) in [5.41, 5.74) is 7.82. The van der Waals surface area contributed by atoms with Crippen molar-refractivity contribution in [2.45, 2.75) is 26.8 Å². The lowest BCUT2D eigenvalue weighted by Crippen LogP contribution is -2.02. The summed E-state index contributed by atoms with van der Waals surface area (Å²) in [7, 11) is 0. The van der Waals surface area contributed by atoms with Crippen LogP contribution in [-0.2, 0) is 6.54 Å². The third kappa shape index (κ3) is 2.68. The van der Waals surface area contributed by atoms with E-state index in [1.54, 1.807) is 28.9 Å². The van der Waals surface area contributed by atoms with Crippen LogP contribution in [0.25, 0.3) is 0 Å². The number of benzene rings is 1. The number of aromatic nitrogens is 2. The molecule has 0 spiro atoms. The van der Waals surface area contributed by atoms with Crippen LogP contribution in [0.4, 0.5) is 5.69 Å². The van der Waals surface area contributed by atoms with E-state index in [1.807, 2.05) is 6.92 Å². The Hall–Kier alpha value is -2.48. The lowest BCUT2D eigenvalue weighted by Gasteiger charge is -2.09. The fourth-order valence-corrected chi connectivity index (χ4v) is 1.79. The van der Waals surface area contributed by atoms with Gasteiger partial charge in [-0.05, 0) is 31.5 Å². The van der Waals surface area contributed by atoms with Crippen LogP contribution in [0.3, 0.4) is 0 Å². The summed E-state index contributed by atoms with van der Waals surface area (Å²) in [6.45, 7) is 4.65. The predicted molar refractivity (Wildman–Crippen MR) is 72.9 cm³/mol. The Morgan fingerprint density at radius 3 is 2.95 bits per heavy atom. The number of nitrogen functional groups attached to an aromatic ring is 1. The van der Waals surface area contributed by atoms with Crippen LogP contribution < -0.4 is 10.5 Å². The molecule has 0 aliphatic rings. The van der Waals surface area contributed by atoms with E-state index >= 15 is 0 Å². The molecule has 0 saturated heterocycles. The van der Waals surface area contributed by atoms with Gasteiger partial charge in [0.15, 0.2) is 0 Å². The molecule has 0 saturated carbocycles. The second-order valence-electron chi connectivity index (χ2n) is 4.27. The molecule has 1 aromatic carbocycles. The Labute approximate surface area is 112 Å². The molecule has 0 aliphatic heterocycles. The van der Waals surface area contributed by atoms with Gasteiger partial charge in [-0.2, -0.15) is 10.4 Å². The molecule has 5 nitrogen and oxygen atoms in total. The monoisotopic (exact) mass is 256 g/mol. The van der Waals surface area contributed by atoms with Gasteiger partial charge >= 0.3 is 0 Å². The molecular weight excluding hydrogens is 240 g/mol. The van der Waals surface area contributed by atoms with Crippen molar-refractivity contribution in [3.8, 4) is 17.7 Å².